The van der Waals surface area contributed by atoms with Gasteiger partial charge in [0.15, 0.2) is 0 Å². The molecule has 0 amide bonds. The molecule has 4 fully saturated rings. The van der Waals surface area contributed by atoms with Crippen molar-refractivity contribution in [3.05, 3.63) is 0 Å². The van der Waals surface area contributed by atoms with Crippen LogP contribution in [-0.4, -0.2) is 125 Å². The van der Waals surface area contributed by atoms with E-state index in [-0.39, 0.29) is 5.54 Å². The average molecular weight is 601 g/mol. The van der Waals surface area contributed by atoms with Crippen LogP contribution in [0.4, 0.5) is 0 Å². The maximum Gasteiger partial charge on any atom is 0.0622 e. The van der Waals surface area contributed by atoms with Gasteiger partial charge in [0.25, 0.3) is 0 Å². The average Bonchev–Trinajstić information content (AvgIpc) is 3.71. The molecule has 0 aromatic heterocycles. The van der Waals surface area contributed by atoms with Crippen LogP contribution in [0, 0.1) is 11.8 Å². The second-order valence-electron chi connectivity index (χ2n) is 15.3. The Morgan fingerprint density at radius 1 is 0.690 bits per heavy atom. The maximum atomic E-state index is 5.34. The Hall–Kier alpha value is -0.320. The number of hydrogen-bond donors (Lipinski definition) is 2. The van der Waals surface area contributed by atoms with E-state index in [2.05, 4.69) is 104 Å². The lowest BCUT2D eigenvalue weighted by molar-refractivity contribution is 0.131. The summed E-state index contributed by atoms with van der Waals surface area (Å²) in [6.45, 7) is 31.9. The summed E-state index contributed by atoms with van der Waals surface area (Å²) in [6, 6.07) is 2.52. The SMILES string of the molecule is CC(C)(C)NCC1CCOC1.CC(C)N(C)C1CCOC1.CC(C)N[C@H]1CCOC1.CN(CC1CCOC1)C(C)(C)C. The molecule has 42 heavy (non-hydrogen) atoms. The van der Waals surface area contributed by atoms with Crippen LogP contribution < -0.4 is 10.6 Å². The lowest BCUT2D eigenvalue weighted by Crippen LogP contribution is -2.41. The Balaban J connectivity index is 0.000000281. The Morgan fingerprint density at radius 3 is 1.62 bits per heavy atom. The van der Waals surface area contributed by atoms with Crippen molar-refractivity contribution in [2.24, 2.45) is 11.8 Å². The van der Waals surface area contributed by atoms with Gasteiger partial charge >= 0.3 is 0 Å². The highest BCUT2D eigenvalue weighted by Gasteiger charge is 2.24. The fraction of sp³-hybridized carbons (Fsp3) is 1.00. The minimum Gasteiger partial charge on any atom is -0.381 e. The minimum atomic E-state index is 0.253. The topological polar surface area (TPSA) is 67.5 Å². The lowest BCUT2D eigenvalue weighted by Gasteiger charge is -2.33. The molecule has 4 heterocycles. The van der Waals surface area contributed by atoms with Crippen molar-refractivity contribution in [2.45, 2.75) is 130 Å². The van der Waals surface area contributed by atoms with E-state index in [1.54, 1.807) is 0 Å². The van der Waals surface area contributed by atoms with E-state index in [4.69, 9.17) is 18.9 Å². The number of rotatable bonds is 8. The van der Waals surface area contributed by atoms with Crippen molar-refractivity contribution in [3.8, 4) is 0 Å². The second-order valence-corrected chi connectivity index (χ2v) is 15.3. The quantitative estimate of drug-likeness (QED) is 0.401. The highest BCUT2D eigenvalue weighted by atomic mass is 16.5. The molecule has 8 heteroatoms. The fourth-order valence-electron chi connectivity index (χ4n) is 4.99. The molecule has 3 unspecified atom stereocenters. The van der Waals surface area contributed by atoms with E-state index < -0.39 is 0 Å². The van der Waals surface area contributed by atoms with Crippen LogP contribution >= 0.6 is 0 Å². The molecule has 0 bridgehead atoms. The van der Waals surface area contributed by atoms with Crippen LogP contribution in [-0.2, 0) is 18.9 Å². The molecule has 252 valence electrons. The van der Waals surface area contributed by atoms with Gasteiger partial charge in [0.1, 0.15) is 0 Å². The van der Waals surface area contributed by atoms with Gasteiger partial charge in [-0.25, -0.2) is 0 Å². The Kier molecular flexibility index (Phi) is 19.5. The molecule has 4 saturated heterocycles. The second kappa shape index (κ2) is 20.7. The van der Waals surface area contributed by atoms with Gasteiger partial charge in [-0.05, 0) is 107 Å². The first-order valence-corrected chi connectivity index (χ1v) is 16.8. The monoisotopic (exact) mass is 601 g/mol. The number of likely N-dealkylation sites (N-methyl/N-ethyl adjacent to an activating group) is 1. The third kappa shape index (κ3) is 19.1. The number of hydrogen-bond acceptors (Lipinski definition) is 8. The van der Waals surface area contributed by atoms with Crippen LogP contribution in [0.2, 0.25) is 0 Å². The molecule has 0 aromatic rings. The maximum absolute atomic E-state index is 5.34. The van der Waals surface area contributed by atoms with Gasteiger partial charge in [-0.2, -0.15) is 0 Å². The van der Waals surface area contributed by atoms with Crippen LogP contribution in [0.25, 0.3) is 0 Å². The van der Waals surface area contributed by atoms with Crippen molar-refractivity contribution in [1.82, 2.24) is 20.4 Å². The van der Waals surface area contributed by atoms with Gasteiger partial charge < -0.3 is 34.5 Å². The van der Waals surface area contributed by atoms with E-state index in [1.165, 1.54) is 32.2 Å². The molecule has 8 nitrogen and oxygen atoms in total. The lowest BCUT2D eigenvalue weighted by atomic mass is 10.0. The van der Waals surface area contributed by atoms with Gasteiger partial charge in [0.05, 0.1) is 26.4 Å². The van der Waals surface area contributed by atoms with Crippen molar-refractivity contribution in [2.75, 3.05) is 80.0 Å². The Labute approximate surface area is 261 Å². The molecule has 4 aliphatic heterocycles. The first-order valence-electron chi connectivity index (χ1n) is 16.8. The molecule has 2 N–H and O–H groups in total. The summed E-state index contributed by atoms with van der Waals surface area (Å²) < 4.78 is 21.1. The van der Waals surface area contributed by atoms with Gasteiger partial charge in [-0.3, -0.25) is 4.90 Å². The highest BCUT2D eigenvalue weighted by molar-refractivity contribution is 4.78. The summed E-state index contributed by atoms with van der Waals surface area (Å²) in [7, 11) is 4.36. The molecular formula is C34H72N4O4. The zero-order chi connectivity index (χ0) is 31.8. The molecule has 0 spiro atoms. The number of ether oxygens (including phenoxy) is 4. The standard InChI is InChI=1S/C10H21NO.C9H19NO.C8H17NO.C7H15NO/c1-10(2,3)11(4)7-9-5-6-12-8-9;1-9(2,3)10-6-8-4-5-11-7-8;1-7(2)9(3)8-4-5-10-6-8;1-6(2)8-7-3-4-9-5-7/h9H,5-8H2,1-4H3;8,10H,4-7H2,1-3H3;7-8H,4-6H2,1-3H3;6-8H,3-5H2,1-2H3/t;;;7-/m...0/s1. The largest absolute Gasteiger partial charge is 0.381 e. The van der Waals surface area contributed by atoms with E-state index in [9.17, 15) is 0 Å². The van der Waals surface area contributed by atoms with Crippen LogP contribution in [0.1, 0.15) is 94.9 Å². The molecule has 4 rings (SSSR count). The summed E-state index contributed by atoms with van der Waals surface area (Å²) in [5.74, 6) is 1.50. The van der Waals surface area contributed by atoms with Gasteiger partial charge in [0.2, 0.25) is 0 Å². The number of nitrogens with one attached hydrogen (secondary N) is 2. The first-order chi connectivity index (χ1) is 19.6. The molecule has 4 atom stereocenters. The molecule has 0 aromatic carbocycles. The third-order valence-electron chi connectivity index (χ3n) is 8.44. The number of nitrogens with zero attached hydrogens (tertiary/aromatic N) is 2. The third-order valence-corrected chi connectivity index (χ3v) is 8.44. The molecule has 0 radical (unpaired) electrons. The zero-order valence-corrected chi connectivity index (χ0v) is 29.9. The van der Waals surface area contributed by atoms with Crippen LogP contribution in [0.15, 0.2) is 0 Å². The van der Waals surface area contributed by atoms with E-state index >= 15 is 0 Å². The Bertz CT molecular complexity index is 641. The summed E-state index contributed by atoms with van der Waals surface area (Å²) in [4.78, 5) is 4.79. The van der Waals surface area contributed by atoms with Crippen LogP contribution in [0.3, 0.4) is 0 Å². The summed E-state index contributed by atoms with van der Waals surface area (Å²) in [5.41, 5.74) is 0.547. The molecule has 0 aliphatic carbocycles. The van der Waals surface area contributed by atoms with E-state index in [0.29, 0.717) is 29.7 Å². The zero-order valence-electron chi connectivity index (χ0n) is 29.9. The van der Waals surface area contributed by atoms with E-state index in [1.807, 2.05) is 0 Å². The minimum absolute atomic E-state index is 0.253. The van der Waals surface area contributed by atoms with Crippen LogP contribution in [0.5, 0.6) is 0 Å². The predicted octanol–water partition coefficient (Wildman–Crippen LogP) is 5.05. The van der Waals surface area contributed by atoms with Crippen molar-refractivity contribution >= 4 is 0 Å². The highest BCUT2D eigenvalue weighted by Crippen LogP contribution is 2.18. The molecule has 4 aliphatic rings. The first kappa shape index (κ1) is 39.7. The molecular weight excluding hydrogens is 528 g/mol. The fourth-order valence-corrected chi connectivity index (χ4v) is 4.99. The van der Waals surface area contributed by atoms with E-state index in [0.717, 1.165) is 71.2 Å². The van der Waals surface area contributed by atoms with Crippen molar-refractivity contribution in [3.63, 3.8) is 0 Å². The summed E-state index contributed by atoms with van der Waals surface area (Å²) >= 11 is 0. The smallest absolute Gasteiger partial charge is 0.0622 e. The predicted molar refractivity (Wildman–Crippen MR) is 178 cm³/mol. The van der Waals surface area contributed by atoms with Crippen molar-refractivity contribution < 1.29 is 18.9 Å². The molecule has 0 saturated carbocycles. The summed E-state index contributed by atoms with van der Waals surface area (Å²) in [5, 5.41) is 6.90. The van der Waals surface area contributed by atoms with Gasteiger partial charge in [0, 0.05) is 74.8 Å². The Morgan fingerprint density at radius 2 is 1.21 bits per heavy atom. The van der Waals surface area contributed by atoms with Gasteiger partial charge in [-0.1, -0.05) is 13.8 Å². The normalized spacial score (nSPS) is 26.3. The summed E-state index contributed by atoms with van der Waals surface area (Å²) in [6.07, 6.45) is 4.84. The van der Waals surface area contributed by atoms with Crippen molar-refractivity contribution in [1.29, 1.82) is 0 Å². The van der Waals surface area contributed by atoms with Gasteiger partial charge in [-0.15, -0.1) is 0 Å².